The fourth-order valence-electron chi connectivity index (χ4n) is 1.92. The minimum absolute atomic E-state index is 0.0645. The van der Waals surface area contributed by atoms with Gasteiger partial charge in [-0.25, -0.2) is 0 Å². The van der Waals surface area contributed by atoms with E-state index in [1.165, 1.54) is 5.56 Å². The van der Waals surface area contributed by atoms with Crippen LogP contribution in [0.3, 0.4) is 0 Å². The predicted molar refractivity (Wildman–Crippen MR) is 64.8 cm³/mol. The zero-order valence-electron chi connectivity index (χ0n) is 9.43. The third kappa shape index (κ3) is 2.97. The Morgan fingerprint density at radius 1 is 1.38 bits per heavy atom. The molecule has 1 aliphatic heterocycles. The summed E-state index contributed by atoms with van der Waals surface area (Å²) in [5.41, 5.74) is 1.32. The number of halogens is 1. The lowest BCUT2D eigenvalue weighted by molar-refractivity contribution is -0.0619. The Morgan fingerprint density at radius 2 is 2.12 bits per heavy atom. The van der Waals surface area contributed by atoms with Crippen LogP contribution in [0.2, 0.25) is 0 Å². The molecule has 1 saturated heterocycles. The molecule has 2 nitrogen and oxygen atoms in total. The summed E-state index contributed by atoms with van der Waals surface area (Å²) in [6.07, 6.45) is 0.853. The highest BCUT2D eigenvalue weighted by molar-refractivity contribution is 6.18. The smallest absolute Gasteiger partial charge is 0.158 e. The molecule has 0 aromatic heterocycles. The van der Waals surface area contributed by atoms with E-state index in [9.17, 15) is 0 Å². The van der Waals surface area contributed by atoms with Crippen LogP contribution in [-0.2, 0) is 9.47 Å². The highest BCUT2D eigenvalue weighted by Crippen LogP contribution is 2.25. The molecule has 3 atom stereocenters. The van der Waals surface area contributed by atoms with E-state index in [2.05, 4.69) is 31.2 Å². The van der Waals surface area contributed by atoms with Crippen LogP contribution in [0.25, 0.3) is 0 Å². The molecule has 0 bridgehead atoms. The molecule has 1 aromatic rings. The maximum Gasteiger partial charge on any atom is 0.158 e. The van der Waals surface area contributed by atoms with Crippen molar-refractivity contribution in [1.82, 2.24) is 0 Å². The van der Waals surface area contributed by atoms with Crippen molar-refractivity contribution in [2.24, 2.45) is 0 Å². The minimum atomic E-state index is -0.0982. The van der Waals surface area contributed by atoms with Crippen molar-refractivity contribution in [2.75, 3.05) is 12.5 Å². The van der Waals surface area contributed by atoms with E-state index >= 15 is 0 Å². The van der Waals surface area contributed by atoms with Gasteiger partial charge >= 0.3 is 0 Å². The molecule has 0 aliphatic carbocycles. The van der Waals surface area contributed by atoms with Gasteiger partial charge in [-0.15, -0.1) is 11.6 Å². The van der Waals surface area contributed by atoms with Crippen molar-refractivity contribution in [3.05, 3.63) is 35.9 Å². The zero-order chi connectivity index (χ0) is 11.4. The molecule has 0 saturated carbocycles. The first-order valence-electron chi connectivity index (χ1n) is 5.67. The third-order valence-electron chi connectivity index (χ3n) is 2.90. The summed E-state index contributed by atoms with van der Waals surface area (Å²) in [7, 11) is 0. The van der Waals surface area contributed by atoms with Gasteiger partial charge in [0.1, 0.15) is 0 Å². The Labute approximate surface area is 102 Å². The molecule has 88 valence electrons. The quantitative estimate of drug-likeness (QED) is 0.753. The number of hydrogen-bond acceptors (Lipinski definition) is 2. The van der Waals surface area contributed by atoms with Gasteiger partial charge in [0.25, 0.3) is 0 Å². The van der Waals surface area contributed by atoms with Crippen LogP contribution in [-0.4, -0.2) is 24.9 Å². The van der Waals surface area contributed by atoms with Gasteiger partial charge < -0.3 is 9.47 Å². The van der Waals surface area contributed by atoms with Gasteiger partial charge in [0.15, 0.2) is 6.29 Å². The van der Waals surface area contributed by atoms with Crippen LogP contribution in [0.1, 0.15) is 24.8 Å². The number of ether oxygens (including phenoxy) is 2. The molecule has 0 radical (unpaired) electrons. The van der Waals surface area contributed by atoms with Crippen molar-refractivity contribution in [3.8, 4) is 0 Å². The molecule has 3 unspecified atom stereocenters. The van der Waals surface area contributed by atoms with E-state index in [-0.39, 0.29) is 12.4 Å². The summed E-state index contributed by atoms with van der Waals surface area (Å²) in [6, 6.07) is 10.4. The molecule has 0 N–H and O–H groups in total. The first kappa shape index (κ1) is 11.9. The Hall–Kier alpha value is -0.570. The molecule has 0 spiro atoms. The highest BCUT2D eigenvalue weighted by atomic mass is 35.5. The summed E-state index contributed by atoms with van der Waals surface area (Å²) in [6.45, 7) is 2.81. The van der Waals surface area contributed by atoms with Crippen LogP contribution in [0.4, 0.5) is 0 Å². The Balaban J connectivity index is 1.86. The number of rotatable bonds is 4. The van der Waals surface area contributed by atoms with E-state index in [1.807, 2.05) is 6.07 Å². The average molecular weight is 241 g/mol. The van der Waals surface area contributed by atoms with Crippen LogP contribution in [0.15, 0.2) is 30.3 Å². The molecule has 1 fully saturated rings. The average Bonchev–Trinajstić information content (AvgIpc) is 2.78. The first-order chi connectivity index (χ1) is 7.79. The maximum atomic E-state index is 5.72. The summed E-state index contributed by atoms with van der Waals surface area (Å²) < 4.78 is 11.2. The molecule has 3 heteroatoms. The number of benzene rings is 1. The topological polar surface area (TPSA) is 18.5 Å². The van der Waals surface area contributed by atoms with Gasteiger partial charge in [-0.3, -0.25) is 0 Å². The number of hydrogen-bond donors (Lipinski definition) is 0. The van der Waals surface area contributed by atoms with E-state index in [1.54, 1.807) is 0 Å². The molecule has 1 aromatic carbocycles. The van der Waals surface area contributed by atoms with Crippen molar-refractivity contribution in [2.45, 2.75) is 31.7 Å². The van der Waals surface area contributed by atoms with E-state index in [4.69, 9.17) is 21.1 Å². The van der Waals surface area contributed by atoms with Gasteiger partial charge in [0.05, 0.1) is 18.6 Å². The summed E-state index contributed by atoms with van der Waals surface area (Å²) in [5, 5.41) is 0. The fourth-order valence-corrected chi connectivity index (χ4v) is 2.08. The van der Waals surface area contributed by atoms with Crippen LogP contribution in [0, 0.1) is 0 Å². The second-order valence-electron chi connectivity index (χ2n) is 4.22. The SMILES string of the molecule is CC(CC1OCC(CCl)O1)c1ccccc1. The Morgan fingerprint density at radius 3 is 2.75 bits per heavy atom. The summed E-state index contributed by atoms with van der Waals surface area (Å²) >= 11 is 5.72. The molecular weight excluding hydrogens is 224 g/mol. The van der Waals surface area contributed by atoms with Crippen LogP contribution in [0.5, 0.6) is 0 Å². The van der Waals surface area contributed by atoms with E-state index in [0.29, 0.717) is 18.4 Å². The van der Waals surface area contributed by atoms with Crippen molar-refractivity contribution in [3.63, 3.8) is 0 Å². The molecule has 1 heterocycles. The minimum Gasteiger partial charge on any atom is -0.350 e. The van der Waals surface area contributed by atoms with Crippen molar-refractivity contribution >= 4 is 11.6 Å². The lowest BCUT2D eigenvalue weighted by atomic mass is 9.98. The Bertz CT molecular complexity index is 315. The van der Waals surface area contributed by atoms with Crippen molar-refractivity contribution < 1.29 is 9.47 Å². The molecule has 0 amide bonds. The first-order valence-corrected chi connectivity index (χ1v) is 6.21. The number of alkyl halides is 1. The highest BCUT2D eigenvalue weighted by Gasteiger charge is 2.26. The van der Waals surface area contributed by atoms with Crippen LogP contribution >= 0.6 is 11.6 Å². The standard InChI is InChI=1S/C13H17ClO2/c1-10(11-5-3-2-4-6-11)7-13-15-9-12(8-14)16-13/h2-6,10,12-13H,7-9H2,1H3. The molecular formula is C13H17ClO2. The van der Waals surface area contributed by atoms with Gasteiger partial charge in [-0.1, -0.05) is 37.3 Å². The third-order valence-corrected chi connectivity index (χ3v) is 3.24. The molecule has 16 heavy (non-hydrogen) atoms. The fraction of sp³-hybridized carbons (Fsp3) is 0.538. The van der Waals surface area contributed by atoms with Gasteiger partial charge in [-0.2, -0.15) is 0 Å². The normalized spacial score (nSPS) is 26.9. The lowest BCUT2D eigenvalue weighted by Crippen LogP contribution is -2.15. The van der Waals surface area contributed by atoms with E-state index < -0.39 is 0 Å². The second-order valence-corrected chi connectivity index (χ2v) is 4.53. The predicted octanol–water partition coefficient (Wildman–Crippen LogP) is 3.16. The zero-order valence-corrected chi connectivity index (χ0v) is 10.2. The molecule has 2 rings (SSSR count). The summed E-state index contributed by atoms with van der Waals surface area (Å²) in [5.74, 6) is 0.955. The van der Waals surface area contributed by atoms with E-state index in [0.717, 1.165) is 6.42 Å². The maximum absolute atomic E-state index is 5.72. The molecule has 1 aliphatic rings. The van der Waals surface area contributed by atoms with Crippen molar-refractivity contribution in [1.29, 1.82) is 0 Å². The van der Waals surface area contributed by atoms with Gasteiger partial charge in [0.2, 0.25) is 0 Å². The van der Waals surface area contributed by atoms with Gasteiger partial charge in [0, 0.05) is 6.42 Å². The lowest BCUT2D eigenvalue weighted by Gasteiger charge is -2.16. The largest absolute Gasteiger partial charge is 0.350 e. The Kier molecular flexibility index (Phi) is 4.22. The van der Waals surface area contributed by atoms with Crippen LogP contribution < -0.4 is 0 Å². The summed E-state index contributed by atoms with van der Waals surface area (Å²) in [4.78, 5) is 0. The monoisotopic (exact) mass is 240 g/mol. The van der Waals surface area contributed by atoms with Gasteiger partial charge in [-0.05, 0) is 11.5 Å². The second kappa shape index (κ2) is 5.67.